The molecule has 0 spiro atoms. The van der Waals surface area contributed by atoms with Gasteiger partial charge in [0.2, 0.25) is 0 Å². The minimum absolute atomic E-state index is 0.304. The van der Waals surface area contributed by atoms with Crippen molar-refractivity contribution in [3.63, 3.8) is 0 Å². The monoisotopic (exact) mass is 249 g/mol. The van der Waals surface area contributed by atoms with E-state index in [9.17, 15) is 5.11 Å². The number of hydrogen-bond donors (Lipinski definition) is 2. The first-order valence-electron chi connectivity index (χ1n) is 7.24. The Balaban J connectivity index is 1.71. The highest BCUT2D eigenvalue weighted by atomic mass is 16.3. The van der Waals surface area contributed by atoms with E-state index < -0.39 is 0 Å². The molecule has 3 rings (SSSR count). The lowest BCUT2D eigenvalue weighted by molar-refractivity contribution is 0.190. The van der Waals surface area contributed by atoms with Crippen molar-refractivity contribution < 1.29 is 5.11 Å². The van der Waals surface area contributed by atoms with Crippen LogP contribution in [0.5, 0.6) is 0 Å². The van der Waals surface area contributed by atoms with Gasteiger partial charge in [-0.2, -0.15) is 0 Å². The summed E-state index contributed by atoms with van der Waals surface area (Å²) in [4.78, 5) is 4.60. The van der Waals surface area contributed by atoms with E-state index >= 15 is 0 Å². The third-order valence-electron chi connectivity index (χ3n) is 4.37. The zero-order valence-corrected chi connectivity index (χ0v) is 10.9. The summed E-state index contributed by atoms with van der Waals surface area (Å²) >= 11 is 0. The zero-order chi connectivity index (χ0) is 12.4. The van der Waals surface area contributed by atoms with Crippen LogP contribution in [0.3, 0.4) is 0 Å². The molecule has 1 saturated heterocycles. The molecule has 1 aromatic heterocycles. The Kier molecular flexibility index (Phi) is 3.66. The van der Waals surface area contributed by atoms with Crippen molar-refractivity contribution in [3.8, 4) is 0 Å². The lowest BCUT2D eigenvalue weighted by atomic mass is 9.98. The normalized spacial score (nSPS) is 28.1. The maximum Gasteiger partial charge on any atom is 0.110 e. The molecule has 4 nitrogen and oxygen atoms in total. The predicted octanol–water partition coefficient (Wildman–Crippen LogP) is 1.12. The fourth-order valence-electron chi connectivity index (χ4n) is 3.21. The van der Waals surface area contributed by atoms with E-state index in [4.69, 9.17) is 0 Å². The highest BCUT2D eigenvalue weighted by Crippen LogP contribution is 2.22. The number of imidazole rings is 1. The molecule has 0 bridgehead atoms. The lowest BCUT2D eigenvalue weighted by Gasteiger charge is -2.27. The first-order valence-corrected chi connectivity index (χ1v) is 7.24. The van der Waals surface area contributed by atoms with Gasteiger partial charge in [0.05, 0.1) is 0 Å². The fourth-order valence-corrected chi connectivity index (χ4v) is 3.21. The van der Waals surface area contributed by atoms with Crippen LogP contribution < -0.4 is 5.32 Å². The number of aliphatic hydroxyl groups is 1. The third-order valence-corrected chi connectivity index (χ3v) is 4.37. The van der Waals surface area contributed by atoms with Gasteiger partial charge >= 0.3 is 0 Å². The van der Waals surface area contributed by atoms with Crippen molar-refractivity contribution in [1.82, 2.24) is 14.9 Å². The van der Waals surface area contributed by atoms with E-state index in [0.717, 1.165) is 32.4 Å². The number of aliphatic hydroxyl groups excluding tert-OH is 1. The van der Waals surface area contributed by atoms with Gasteiger partial charge in [0.15, 0.2) is 0 Å². The smallest absolute Gasteiger partial charge is 0.110 e. The second-order valence-electron chi connectivity index (χ2n) is 5.71. The second-order valence-corrected chi connectivity index (χ2v) is 5.71. The summed E-state index contributed by atoms with van der Waals surface area (Å²) in [6.45, 7) is 2.41. The van der Waals surface area contributed by atoms with E-state index in [1.165, 1.54) is 30.8 Å². The Morgan fingerprint density at radius 3 is 3.11 bits per heavy atom. The Morgan fingerprint density at radius 2 is 2.33 bits per heavy atom. The largest absolute Gasteiger partial charge is 0.396 e. The highest BCUT2D eigenvalue weighted by molar-refractivity contribution is 5.10. The second kappa shape index (κ2) is 5.41. The van der Waals surface area contributed by atoms with Crippen LogP contribution in [0.1, 0.15) is 37.2 Å². The number of piperidine rings is 1. The molecule has 2 aliphatic rings. The molecule has 0 aromatic carbocycles. The van der Waals surface area contributed by atoms with Crippen molar-refractivity contribution in [2.45, 2.75) is 51.1 Å². The fraction of sp³-hybridized carbons (Fsp3) is 0.786. The first-order chi connectivity index (χ1) is 8.86. The Labute approximate surface area is 108 Å². The molecule has 1 fully saturated rings. The van der Waals surface area contributed by atoms with Crippen molar-refractivity contribution in [2.75, 3.05) is 13.2 Å². The van der Waals surface area contributed by atoms with E-state index in [1.54, 1.807) is 0 Å². The number of nitrogens with zero attached hydrogens (tertiary/aromatic N) is 2. The Morgan fingerprint density at radius 1 is 1.39 bits per heavy atom. The van der Waals surface area contributed by atoms with Gasteiger partial charge in [-0.05, 0) is 32.2 Å². The third kappa shape index (κ3) is 2.45. The van der Waals surface area contributed by atoms with Gasteiger partial charge in [-0.3, -0.25) is 0 Å². The maximum atomic E-state index is 9.32. The van der Waals surface area contributed by atoms with Crippen LogP contribution in [0.2, 0.25) is 0 Å². The summed E-state index contributed by atoms with van der Waals surface area (Å²) in [6, 6.07) is 0.597. The van der Waals surface area contributed by atoms with Crippen LogP contribution in [-0.4, -0.2) is 33.9 Å². The predicted molar refractivity (Wildman–Crippen MR) is 70.5 cm³/mol. The molecule has 0 radical (unpaired) electrons. The average Bonchev–Trinajstić information content (AvgIpc) is 2.82. The summed E-state index contributed by atoms with van der Waals surface area (Å²) < 4.78 is 2.35. The van der Waals surface area contributed by atoms with Gasteiger partial charge in [0.25, 0.3) is 0 Å². The molecule has 3 heterocycles. The molecule has 0 amide bonds. The van der Waals surface area contributed by atoms with Crippen LogP contribution in [-0.2, 0) is 19.4 Å². The molecule has 2 atom stereocenters. The number of aromatic nitrogens is 2. The molecule has 1 aromatic rings. The first kappa shape index (κ1) is 12.2. The molecule has 2 N–H and O–H groups in total. The van der Waals surface area contributed by atoms with E-state index in [-0.39, 0.29) is 0 Å². The van der Waals surface area contributed by atoms with Gasteiger partial charge in [0, 0.05) is 43.4 Å². The number of rotatable bonds is 3. The Bertz CT molecular complexity index is 396. The number of fused-ring (bicyclic) bond motifs is 1. The number of hydrogen-bond acceptors (Lipinski definition) is 3. The van der Waals surface area contributed by atoms with Gasteiger partial charge < -0.3 is 15.0 Å². The summed E-state index contributed by atoms with van der Waals surface area (Å²) in [5.41, 5.74) is 1.35. The number of nitrogens with one attached hydrogen (secondary N) is 1. The molecular formula is C14H23N3O. The molecule has 2 unspecified atom stereocenters. The molecule has 2 aliphatic heterocycles. The van der Waals surface area contributed by atoms with Crippen LogP contribution in [0.25, 0.3) is 0 Å². The lowest BCUT2D eigenvalue weighted by Crippen LogP contribution is -2.36. The number of aryl methyl sites for hydroxylation is 1. The van der Waals surface area contributed by atoms with E-state index in [2.05, 4.69) is 14.9 Å². The molecule has 0 saturated carbocycles. The zero-order valence-electron chi connectivity index (χ0n) is 10.9. The summed E-state index contributed by atoms with van der Waals surface area (Å²) in [6.07, 6.45) is 9.16. The summed E-state index contributed by atoms with van der Waals surface area (Å²) in [7, 11) is 0. The van der Waals surface area contributed by atoms with Gasteiger partial charge in [0.1, 0.15) is 5.82 Å². The standard InChI is InChI=1S/C14H23N3O/c18-10-11-4-5-13-8-16-14(17(13)9-11)7-12-3-1-2-6-15-12/h8,11-12,15,18H,1-7,9-10H2. The quantitative estimate of drug-likeness (QED) is 0.844. The molecule has 4 heteroatoms. The maximum absolute atomic E-state index is 9.32. The van der Waals surface area contributed by atoms with Gasteiger partial charge in [-0.25, -0.2) is 4.98 Å². The van der Waals surface area contributed by atoms with Crippen LogP contribution in [0, 0.1) is 5.92 Å². The Hall–Kier alpha value is -0.870. The summed E-state index contributed by atoms with van der Waals surface area (Å²) in [5.74, 6) is 1.63. The van der Waals surface area contributed by atoms with Gasteiger partial charge in [-0.15, -0.1) is 0 Å². The van der Waals surface area contributed by atoms with Crippen LogP contribution in [0.4, 0.5) is 0 Å². The topological polar surface area (TPSA) is 50.1 Å². The summed E-state index contributed by atoms with van der Waals surface area (Å²) in [5, 5.41) is 12.9. The van der Waals surface area contributed by atoms with Crippen molar-refractivity contribution in [2.24, 2.45) is 5.92 Å². The van der Waals surface area contributed by atoms with Crippen LogP contribution in [0.15, 0.2) is 6.20 Å². The van der Waals surface area contributed by atoms with Crippen molar-refractivity contribution in [3.05, 3.63) is 17.7 Å². The van der Waals surface area contributed by atoms with Crippen molar-refractivity contribution in [1.29, 1.82) is 0 Å². The van der Waals surface area contributed by atoms with E-state index in [1.807, 2.05) is 6.20 Å². The highest BCUT2D eigenvalue weighted by Gasteiger charge is 2.23. The average molecular weight is 249 g/mol. The molecule has 18 heavy (non-hydrogen) atoms. The minimum atomic E-state index is 0.304. The molecular weight excluding hydrogens is 226 g/mol. The van der Waals surface area contributed by atoms with E-state index in [0.29, 0.717) is 18.6 Å². The SMILES string of the molecule is OCC1CCc2cnc(CC3CCCCN3)n2C1. The van der Waals surface area contributed by atoms with Crippen molar-refractivity contribution >= 4 is 0 Å². The van der Waals surface area contributed by atoms with Crippen LogP contribution >= 0.6 is 0 Å². The molecule has 0 aliphatic carbocycles. The molecule has 100 valence electrons. The van der Waals surface area contributed by atoms with Gasteiger partial charge in [-0.1, -0.05) is 6.42 Å². The minimum Gasteiger partial charge on any atom is -0.396 e.